The van der Waals surface area contributed by atoms with Crippen LogP contribution in [0.2, 0.25) is 0 Å². The van der Waals surface area contributed by atoms with E-state index in [1.54, 1.807) is 6.33 Å². The molecular weight excluding hydrogens is 220 g/mol. The van der Waals surface area contributed by atoms with Crippen molar-refractivity contribution in [1.29, 1.82) is 0 Å². The average Bonchev–Trinajstić information content (AvgIpc) is 2.91. The number of imidazole rings is 1. The van der Waals surface area contributed by atoms with E-state index in [0.717, 1.165) is 12.3 Å². The third-order valence-electron chi connectivity index (χ3n) is 3.73. The van der Waals surface area contributed by atoms with Gasteiger partial charge in [-0.25, -0.2) is 4.98 Å². The van der Waals surface area contributed by atoms with Gasteiger partial charge in [-0.05, 0) is 31.2 Å². The van der Waals surface area contributed by atoms with Gasteiger partial charge in [0.15, 0.2) is 0 Å². The molecule has 2 nitrogen and oxygen atoms in total. The van der Waals surface area contributed by atoms with E-state index in [1.807, 2.05) is 6.20 Å². The van der Waals surface area contributed by atoms with Crippen LogP contribution in [0.5, 0.6) is 0 Å². The molecule has 0 fully saturated rings. The summed E-state index contributed by atoms with van der Waals surface area (Å²) in [6.07, 6.45) is 6.07. The number of nitrogens with one attached hydrogen (secondary N) is 1. The van der Waals surface area contributed by atoms with Crippen LogP contribution in [0.3, 0.4) is 0 Å². The van der Waals surface area contributed by atoms with Gasteiger partial charge in [0.2, 0.25) is 0 Å². The lowest BCUT2D eigenvalue weighted by Gasteiger charge is -2.30. The van der Waals surface area contributed by atoms with Crippen molar-refractivity contribution in [2.24, 2.45) is 5.92 Å². The summed E-state index contributed by atoms with van der Waals surface area (Å²) in [5.41, 5.74) is 2.59. The Labute approximate surface area is 109 Å². The van der Waals surface area contributed by atoms with Gasteiger partial charge < -0.3 is 4.98 Å². The zero-order valence-electron chi connectivity index (χ0n) is 11.5. The molecule has 0 saturated heterocycles. The second kappa shape index (κ2) is 5.38. The lowest BCUT2D eigenvalue weighted by molar-refractivity contribution is 0.433. The number of nitrogens with zero attached hydrogens (tertiary/aromatic N) is 1. The van der Waals surface area contributed by atoms with E-state index in [2.05, 4.69) is 61.1 Å². The van der Waals surface area contributed by atoms with Gasteiger partial charge in [-0.2, -0.15) is 0 Å². The molecule has 1 atom stereocenters. The molecule has 0 aliphatic rings. The van der Waals surface area contributed by atoms with Crippen molar-refractivity contribution in [3.63, 3.8) is 0 Å². The van der Waals surface area contributed by atoms with E-state index in [1.165, 1.54) is 17.7 Å². The predicted octanol–water partition coefficient (Wildman–Crippen LogP) is 4.15. The molecule has 0 bridgehead atoms. The van der Waals surface area contributed by atoms with Crippen LogP contribution in [-0.2, 0) is 5.41 Å². The summed E-state index contributed by atoms with van der Waals surface area (Å²) >= 11 is 0. The van der Waals surface area contributed by atoms with E-state index >= 15 is 0 Å². The summed E-state index contributed by atoms with van der Waals surface area (Å²) in [5.74, 6) is 0.718. The first kappa shape index (κ1) is 12.9. The summed E-state index contributed by atoms with van der Waals surface area (Å²) in [6, 6.07) is 10.7. The molecule has 1 aromatic carbocycles. The SMILES string of the molecule is CC(C)CC[C@@](C)(c1ccccc1)c1cnc[nH]1. The maximum atomic E-state index is 4.19. The van der Waals surface area contributed by atoms with Crippen molar-refractivity contribution >= 4 is 0 Å². The van der Waals surface area contributed by atoms with Crippen molar-refractivity contribution in [3.8, 4) is 0 Å². The molecule has 1 N–H and O–H groups in total. The van der Waals surface area contributed by atoms with E-state index < -0.39 is 0 Å². The molecule has 96 valence electrons. The van der Waals surface area contributed by atoms with Crippen LogP contribution in [0.15, 0.2) is 42.9 Å². The number of benzene rings is 1. The van der Waals surface area contributed by atoms with Crippen molar-refractivity contribution in [2.75, 3.05) is 0 Å². The molecule has 0 unspecified atom stereocenters. The molecule has 0 amide bonds. The molecule has 18 heavy (non-hydrogen) atoms. The first-order valence-corrected chi connectivity index (χ1v) is 6.67. The zero-order valence-corrected chi connectivity index (χ0v) is 11.5. The van der Waals surface area contributed by atoms with E-state index in [9.17, 15) is 0 Å². The van der Waals surface area contributed by atoms with Crippen LogP contribution >= 0.6 is 0 Å². The monoisotopic (exact) mass is 242 g/mol. The topological polar surface area (TPSA) is 28.7 Å². The molecule has 1 heterocycles. The van der Waals surface area contributed by atoms with Crippen LogP contribution < -0.4 is 0 Å². The predicted molar refractivity (Wildman–Crippen MR) is 75.6 cm³/mol. The van der Waals surface area contributed by atoms with Crippen LogP contribution in [0.25, 0.3) is 0 Å². The first-order chi connectivity index (χ1) is 8.63. The van der Waals surface area contributed by atoms with Gasteiger partial charge in [0.1, 0.15) is 0 Å². The second-order valence-electron chi connectivity index (χ2n) is 5.60. The van der Waals surface area contributed by atoms with E-state index in [-0.39, 0.29) is 5.41 Å². The third-order valence-corrected chi connectivity index (χ3v) is 3.73. The molecule has 0 radical (unpaired) electrons. The maximum absolute atomic E-state index is 4.19. The Kier molecular flexibility index (Phi) is 3.85. The van der Waals surface area contributed by atoms with Gasteiger partial charge in [-0.3, -0.25) is 0 Å². The Hall–Kier alpha value is -1.57. The van der Waals surface area contributed by atoms with Gasteiger partial charge in [0.05, 0.1) is 6.33 Å². The Bertz CT molecular complexity index is 459. The minimum atomic E-state index is 0.0298. The van der Waals surface area contributed by atoms with Crippen LogP contribution in [0.1, 0.15) is 44.9 Å². The molecule has 0 aliphatic heterocycles. The second-order valence-corrected chi connectivity index (χ2v) is 5.60. The molecule has 2 heteroatoms. The summed E-state index contributed by atoms with van der Waals surface area (Å²) in [5, 5.41) is 0. The van der Waals surface area contributed by atoms with Crippen molar-refractivity contribution in [3.05, 3.63) is 54.1 Å². The van der Waals surface area contributed by atoms with Gasteiger partial charge in [-0.1, -0.05) is 44.2 Å². The molecular formula is C16H22N2. The standard InChI is InChI=1S/C16H22N2/c1-13(2)9-10-16(3,15-11-17-12-18-15)14-7-5-4-6-8-14/h4-8,11-13H,9-10H2,1-3H3,(H,17,18)/t16-/m0/s1. The normalized spacial score (nSPS) is 14.7. The summed E-state index contributed by atoms with van der Waals surface area (Å²) in [6.45, 7) is 6.86. The number of aromatic nitrogens is 2. The number of H-pyrrole nitrogens is 1. The smallest absolute Gasteiger partial charge is 0.0922 e. The molecule has 0 aliphatic carbocycles. The minimum Gasteiger partial charge on any atom is -0.348 e. The summed E-state index contributed by atoms with van der Waals surface area (Å²) in [4.78, 5) is 7.47. The molecule has 0 saturated carbocycles. The quantitative estimate of drug-likeness (QED) is 0.838. The van der Waals surface area contributed by atoms with E-state index in [0.29, 0.717) is 0 Å². The summed E-state index contributed by atoms with van der Waals surface area (Å²) in [7, 11) is 0. The van der Waals surface area contributed by atoms with Crippen LogP contribution in [-0.4, -0.2) is 9.97 Å². The average molecular weight is 242 g/mol. The molecule has 2 rings (SSSR count). The lowest BCUT2D eigenvalue weighted by Crippen LogP contribution is -2.24. The van der Waals surface area contributed by atoms with Crippen LogP contribution in [0, 0.1) is 5.92 Å². The highest BCUT2D eigenvalue weighted by Crippen LogP contribution is 2.35. The Morgan fingerprint density at radius 2 is 1.94 bits per heavy atom. The number of hydrogen-bond donors (Lipinski definition) is 1. The zero-order chi connectivity index (χ0) is 13.0. The highest BCUT2D eigenvalue weighted by molar-refractivity contribution is 5.33. The Morgan fingerprint density at radius 1 is 1.22 bits per heavy atom. The van der Waals surface area contributed by atoms with E-state index in [4.69, 9.17) is 0 Å². The Morgan fingerprint density at radius 3 is 2.50 bits per heavy atom. The number of hydrogen-bond acceptors (Lipinski definition) is 1. The fourth-order valence-corrected chi connectivity index (χ4v) is 2.38. The maximum Gasteiger partial charge on any atom is 0.0922 e. The van der Waals surface area contributed by atoms with Crippen molar-refractivity contribution < 1.29 is 0 Å². The van der Waals surface area contributed by atoms with Gasteiger partial charge >= 0.3 is 0 Å². The number of rotatable bonds is 5. The number of aromatic amines is 1. The molecule has 2 aromatic rings. The molecule has 1 aromatic heterocycles. The fourth-order valence-electron chi connectivity index (χ4n) is 2.38. The van der Waals surface area contributed by atoms with Crippen molar-refractivity contribution in [2.45, 2.75) is 39.0 Å². The molecule has 0 spiro atoms. The first-order valence-electron chi connectivity index (χ1n) is 6.67. The van der Waals surface area contributed by atoms with Gasteiger partial charge in [0, 0.05) is 17.3 Å². The van der Waals surface area contributed by atoms with Crippen LogP contribution in [0.4, 0.5) is 0 Å². The highest BCUT2D eigenvalue weighted by atomic mass is 14.9. The fraction of sp³-hybridized carbons (Fsp3) is 0.438. The van der Waals surface area contributed by atoms with Crippen molar-refractivity contribution in [1.82, 2.24) is 9.97 Å². The van der Waals surface area contributed by atoms with Gasteiger partial charge in [-0.15, -0.1) is 0 Å². The van der Waals surface area contributed by atoms with Gasteiger partial charge in [0.25, 0.3) is 0 Å². The lowest BCUT2D eigenvalue weighted by atomic mass is 9.75. The largest absolute Gasteiger partial charge is 0.348 e. The highest BCUT2D eigenvalue weighted by Gasteiger charge is 2.29. The minimum absolute atomic E-state index is 0.0298. The third kappa shape index (κ3) is 2.63. The summed E-state index contributed by atoms with van der Waals surface area (Å²) < 4.78 is 0. The Balaban J connectivity index is 2.34.